The Morgan fingerprint density at radius 3 is 2.94 bits per heavy atom. The molecule has 0 radical (unpaired) electrons. The van der Waals surface area contributed by atoms with Crippen LogP contribution in [0.5, 0.6) is 0 Å². The molecule has 2 aliphatic rings. The summed E-state index contributed by atoms with van der Waals surface area (Å²) < 4.78 is 11.0. The van der Waals surface area contributed by atoms with Crippen LogP contribution < -0.4 is 0 Å². The van der Waals surface area contributed by atoms with E-state index in [-0.39, 0.29) is 11.5 Å². The number of ether oxygens (including phenoxy) is 2. The second-order valence-corrected chi connectivity index (χ2v) is 6.27. The quantitative estimate of drug-likeness (QED) is 0.775. The number of hydrogen-bond acceptors (Lipinski definition) is 4. The maximum Gasteiger partial charge on any atom is 0.138 e. The summed E-state index contributed by atoms with van der Waals surface area (Å²) >= 11 is 2.00. The van der Waals surface area contributed by atoms with Gasteiger partial charge in [0.1, 0.15) is 5.78 Å². The summed E-state index contributed by atoms with van der Waals surface area (Å²) in [6.45, 7) is 1.31. The van der Waals surface area contributed by atoms with Gasteiger partial charge in [-0.15, -0.1) is 0 Å². The predicted molar refractivity (Wildman–Crippen MR) is 69.5 cm³/mol. The van der Waals surface area contributed by atoms with Gasteiger partial charge in [0, 0.05) is 26.1 Å². The minimum absolute atomic E-state index is 0.0247. The molecule has 3 nitrogen and oxygen atoms in total. The first-order valence-corrected chi connectivity index (χ1v) is 7.65. The maximum absolute atomic E-state index is 12.0. The third-order valence-electron chi connectivity index (χ3n) is 3.90. The molecular formula is C13H22O3S. The highest BCUT2D eigenvalue weighted by Gasteiger charge is 2.40. The van der Waals surface area contributed by atoms with E-state index in [0.717, 1.165) is 32.3 Å². The number of methoxy groups -OCH3 is 1. The fourth-order valence-corrected chi connectivity index (χ4v) is 4.04. The number of ketones is 1. The van der Waals surface area contributed by atoms with Gasteiger partial charge in [-0.1, -0.05) is 0 Å². The van der Waals surface area contributed by atoms with Crippen LogP contribution >= 0.6 is 11.8 Å². The van der Waals surface area contributed by atoms with Gasteiger partial charge in [-0.3, -0.25) is 4.79 Å². The molecule has 0 amide bonds. The first-order chi connectivity index (χ1) is 8.26. The second kappa shape index (κ2) is 6.21. The van der Waals surface area contributed by atoms with Crippen LogP contribution in [0.4, 0.5) is 0 Å². The average Bonchev–Trinajstić information content (AvgIpc) is 2.37. The first-order valence-electron chi connectivity index (χ1n) is 6.49. The minimum Gasteiger partial charge on any atom is -0.384 e. The Kier molecular flexibility index (Phi) is 4.88. The van der Waals surface area contributed by atoms with E-state index in [0.29, 0.717) is 18.8 Å². The highest BCUT2D eigenvalue weighted by molar-refractivity contribution is 7.99. The average molecular weight is 258 g/mol. The second-order valence-electron chi connectivity index (χ2n) is 5.04. The van der Waals surface area contributed by atoms with E-state index in [1.54, 1.807) is 7.11 Å². The van der Waals surface area contributed by atoms with E-state index in [1.807, 2.05) is 11.8 Å². The van der Waals surface area contributed by atoms with Crippen LogP contribution in [0.1, 0.15) is 32.1 Å². The lowest BCUT2D eigenvalue weighted by molar-refractivity contribution is -0.139. The van der Waals surface area contributed by atoms with Gasteiger partial charge in [-0.25, -0.2) is 0 Å². The minimum atomic E-state index is 0.0247. The van der Waals surface area contributed by atoms with Gasteiger partial charge in [-0.2, -0.15) is 11.8 Å². The molecule has 17 heavy (non-hydrogen) atoms. The third kappa shape index (κ3) is 3.46. The van der Waals surface area contributed by atoms with Crippen LogP contribution in [-0.4, -0.2) is 43.2 Å². The van der Waals surface area contributed by atoms with E-state index in [2.05, 4.69) is 0 Å². The van der Waals surface area contributed by atoms with Crippen molar-refractivity contribution in [2.45, 2.75) is 37.7 Å². The fraction of sp³-hybridized carbons (Fsp3) is 0.923. The summed E-state index contributed by atoms with van der Waals surface area (Å²) in [4.78, 5) is 12.0. The lowest BCUT2D eigenvalue weighted by Gasteiger charge is -2.42. The van der Waals surface area contributed by atoms with Crippen LogP contribution in [0, 0.1) is 5.92 Å². The van der Waals surface area contributed by atoms with Crippen molar-refractivity contribution in [2.24, 2.45) is 5.92 Å². The van der Waals surface area contributed by atoms with Crippen LogP contribution in [0.3, 0.4) is 0 Å². The molecule has 2 aliphatic heterocycles. The molecule has 2 fully saturated rings. The van der Waals surface area contributed by atoms with Gasteiger partial charge in [0.15, 0.2) is 0 Å². The predicted octanol–water partition coefficient (Wildman–Crippen LogP) is 2.28. The van der Waals surface area contributed by atoms with Gasteiger partial charge < -0.3 is 9.47 Å². The van der Waals surface area contributed by atoms with E-state index in [4.69, 9.17) is 9.47 Å². The Hall–Kier alpha value is -0.0600. The maximum atomic E-state index is 12.0. The van der Waals surface area contributed by atoms with E-state index in [9.17, 15) is 4.79 Å². The zero-order valence-corrected chi connectivity index (χ0v) is 11.4. The molecule has 98 valence electrons. The Bertz CT molecular complexity index is 256. The lowest BCUT2D eigenvalue weighted by atomic mass is 9.79. The SMILES string of the molecule is COCCC(=O)C1CCOC2(CCSCC2)C1. The molecule has 0 bridgehead atoms. The van der Waals surface area contributed by atoms with Gasteiger partial charge in [0.2, 0.25) is 0 Å². The van der Waals surface area contributed by atoms with Crippen molar-refractivity contribution in [2.75, 3.05) is 31.8 Å². The van der Waals surface area contributed by atoms with Crippen LogP contribution in [0.25, 0.3) is 0 Å². The third-order valence-corrected chi connectivity index (χ3v) is 4.89. The van der Waals surface area contributed by atoms with Crippen molar-refractivity contribution >= 4 is 17.5 Å². The Morgan fingerprint density at radius 2 is 2.24 bits per heavy atom. The molecule has 0 N–H and O–H groups in total. The highest BCUT2D eigenvalue weighted by Crippen LogP contribution is 2.40. The Labute approximate surface area is 108 Å². The summed E-state index contributed by atoms with van der Waals surface area (Å²) in [7, 11) is 1.65. The standard InChI is InChI=1S/C13H22O3S/c1-15-6-3-12(14)11-2-7-16-13(10-11)4-8-17-9-5-13/h11H,2-10H2,1H3. The van der Waals surface area contributed by atoms with Gasteiger partial charge in [0.05, 0.1) is 12.2 Å². The van der Waals surface area contributed by atoms with E-state index >= 15 is 0 Å². The zero-order valence-electron chi connectivity index (χ0n) is 10.6. The summed E-state index contributed by atoms with van der Waals surface area (Å²) in [6, 6.07) is 0. The van der Waals surface area contributed by atoms with Crippen molar-refractivity contribution in [3.63, 3.8) is 0 Å². The number of carbonyl (C=O) groups excluding carboxylic acids is 1. The molecule has 2 saturated heterocycles. The molecule has 1 atom stereocenters. The van der Waals surface area contributed by atoms with Crippen molar-refractivity contribution < 1.29 is 14.3 Å². The smallest absolute Gasteiger partial charge is 0.138 e. The number of thioether (sulfide) groups is 1. The molecule has 4 heteroatoms. The largest absolute Gasteiger partial charge is 0.384 e. The van der Waals surface area contributed by atoms with Crippen LogP contribution in [0.2, 0.25) is 0 Å². The Morgan fingerprint density at radius 1 is 1.47 bits per heavy atom. The monoisotopic (exact) mass is 258 g/mol. The molecule has 2 rings (SSSR count). The molecule has 1 unspecified atom stereocenters. The first kappa shape index (κ1) is 13.4. The number of carbonyl (C=O) groups is 1. The fourth-order valence-electron chi connectivity index (χ4n) is 2.80. The molecule has 0 aliphatic carbocycles. The molecule has 0 saturated carbocycles. The molecule has 1 spiro atoms. The molecule has 0 aromatic rings. The van der Waals surface area contributed by atoms with Crippen LogP contribution in [-0.2, 0) is 14.3 Å². The van der Waals surface area contributed by atoms with Gasteiger partial charge in [0.25, 0.3) is 0 Å². The summed E-state index contributed by atoms with van der Waals surface area (Å²) in [5.41, 5.74) is 0.0247. The molecule has 0 aromatic heterocycles. The van der Waals surface area contributed by atoms with Crippen molar-refractivity contribution in [3.05, 3.63) is 0 Å². The summed E-state index contributed by atoms with van der Waals surface area (Å²) in [6.07, 6.45) is 4.64. The number of Topliss-reactive ketones (excluding diaryl/α,β-unsaturated/α-hetero) is 1. The topological polar surface area (TPSA) is 35.5 Å². The Balaban J connectivity index is 1.89. The van der Waals surface area contributed by atoms with Gasteiger partial charge >= 0.3 is 0 Å². The summed E-state index contributed by atoms with van der Waals surface area (Å²) in [5, 5.41) is 0. The summed E-state index contributed by atoms with van der Waals surface area (Å²) in [5.74, 6) is 2.94. The van der Waals surface area contributed by atoms with Crippen molar-refractivity contribution in [3.8, 4) is 0 Å². The number of hydrogen-bond donors (Lipinski definition) is 0. The van der Waals surface area contributed by atoms with Gasteiger partial charge in [-0.05, 0) is 37.2 Å². The molecular weight excluding hydrogens is 236 g/mol. The zero-order chi connectivity index (χ0) is 12.1. The molecule has 2 heterocycles. The van der Waals surface area contributed by atoms with E-state index in [1.165, 1.54) is 11.5 Å². The lowest BCUT2D eigenvalue weighted by Crippen LogP contribution is -2.44. The molecule has 0 aromatic carbocycles. The van der Waals surface area contributed by atoms with Crippen molar-refractivity contribution in [1.29, 1.82) is 0 Å². The van der Waals surface area contributed by atoms with Crippen LogP contribution in [0.15, 0.2) is 0 Å². The highest BCUT2D eigenvalue weighted by atomic mass is 32.2. The number of rotatable bonds is 4. The normalized spacial score (nSPS) is 28.2. The van der Waals surface area contributed by atoms with Crippen molar-refractivity contribution in [1.82, 2.24) is 0 Å². The van der Waals surface area contributed by atoms with E-state index < -0.39 is 0 Å².